The fourth-order valence-corrected chi connectivity index (χ4v) is 2.36. The summed E-state index contributed by atoms with van der Waals surface area (Å²) in [4.78, 5) is 13.1. The molecule has 3 atom stereocenters. The molecule has 0 aromatic heterocycles. The Morgan fingerprint density at radius 1 is 1.24 bits per heavy atom. The Hall–Kier alpha value is -0.650. The third-order valence-electron chi connectivity index (χ3n) is 3.12. The first-order chi connectivity index (χ1) is 8.13. The summed E-state index contributed by atoms with van der Waals surface area (Å²) in [5.41, 5.74) is 0. The average molecular weight is 245 g/mol. The molecular weight excluding hydrogens is 222 g/mol. The maximum Gasteiger partial charge on any atom is 0.320 e. The monoisotopic (exact) mass is 245 g/mol. The molecule has 0 radical (unpaired) electrons. The molecule has 0 bridgehead atoms. The van der Waals surface area contributed by atoms with Crippen molar-refractivity contribution in [2.75, 3.05) is 26.3 Å². The third-order valence-corrected chi connectivity index (χ3v) is 3.12. The van der Waals surface area contributed by atoms with Crippen LogP contribution in [0.2, 0.25) is 0 Å². The summed E-state index contributed by atoms with van der Waals surface area (Å²) in [6.45, 7) is 8.33. The Morgan fingerprint density at radius 3 is 2.00 bits per heavy atom. The topological polar surface area (TPSA) is 59.0 Å². The normalized spacial score (nSPS) is 27.2. The van der Waals surface area contributed by atoms with Crippen LogP contribution >= 0.6 is 0 Å². The summed E-state index contributed by atoms with van der Waals surface area (Å²) >= 11 is 0. The van der Waals surface area contributed by atoms with E-state index in [4.69, 9.17) is 14.6 Å². The lowest BCUT2D eigenvalue weighted by Gasteiger charge is -2.22. The van der Waals surface area contributed by atoms with Gasteiger partial charge in [0, 0.05) is 26.3 Å². The molecular formula is C12H23NO4. The van der Waals surface area contributed by atoms with Gasteiger partial charge in [0.2, 0.25) is 0 Å². The van der Waals surface area contributed by atoms with Gasteiger partial charge in [0.1, 0.15) is 6.04 Å². The van der Waals surface area contributed by atoms with Gasteiger partial charge in [-0.25, -0.2) is 0 Å². The Morgan fingerprint density at radius 2 is 1.71 bits per heavy atom. The van der Waals surface area contributed by atoms with Gasteiger partial charge >= 0.3 is 5.97 Å². The quantitative estimate of drug-likeness (QED) is 0.724. The molecule has 17 heavy (non-hydrogen) atoms. The van der Waals surface area contributed by atoms with Crippen LogP contribution in [-0.4, -0.2) is 60.5 Å². The number of carboxylic acid groups (broad SMARTS) is 1. The average Bonchev–Trinajstić information content (AvgIpc) is 2.63. The second-order valence-electron chi connectivity index (χ2n) is 4.20. The third kappa shape index (κ3) is 3.66. The van der Waals surface area contributed by atoms with E-state index in [0.29, 0.717) is 32.7 Å². The number of hydrogen-bond donors (Lipinski definition) is 1. The number of carbonyl (C=O) groups is 1. The number of likely N-dealkylation sites (tertiary alicyclic amines) is 1. The fraction of sp³-hybridized carbons (Fsp3) is 0.917. The van der Waals surface area contributed by atoms with Crippen molar-refractivity contribution in [1.29, 1.82) is 0 Å². The molecule has 1 rings (SSSR count). The molecule has 1 heterocycles. The molecule has 5 nitrogen and oxygen atoms in total. The van der Waals surface area contributed by atoms with Gasteiger partial charge in [0.25, 0.3) is 0 Å². The minimum atomic E-state index is -0.764. The molecule has 0 aromatic rings. The molecule has 1 saturated heterocycles. The van der Waals surface area contributed by atoms with Crippen LogP contribution in [0.15, 0.2) is 0 Å². The molecule has 0 amide bonds. The van der Waals surface area contributed by atoms with E-state index >= 15 is 0 Å². The lowest BCUT2D eigenvalue weighted by molar-refractivity contribution is -0.143. The Kier molecular flexibility index (Phi) is 5.88. The number of rotatable bonds is 7. The summed E-state index contributed by atoms with van der Waals surface area (Å²) in [7, 11) is 0. The van der Waals surface area contributed by atoms with Gasteiger partial charge in [-0.3, -0.25) is 9.69 Å². The van der Waals surface area contributed by atoms with E-state index in [9.17, 15) is 4.79 Å². The maximum atomic E-state index is 11.1. The van der Waals surface area contributed by atoms with Crippen molar-refractivity contribution < 1.29 is 19.4 Å². The van der Waals surface area contributed by atoms with Gasteiger partial charge in [-0.1, -0.05) is 6.92 Å². The molecule has 5 heteroatoms. The Labute approximate surface area is 103 Å². The van der Waals surface area contributed by atoms with Crippen molar-refractivity contribution >= 4 is 5.97 Å². The zero-order chi connectivity index (χ0) is 12.8. The van der Waals surface area contributed by atoms with Gasteiger partial charge in [-0.2, -0.15) is 0 Å². The lowest BCUT2D eigenvalue weighted by atomic mass is 10.2. The van der Waals surface area contributed by atoms with Crippen molar-refractivity contribution in [3.8, 4) is 0 Å². The number of aliphatic carboxylic acids is 1. The van der Waals surface area contributed by atoms with Crippen molar-refractivity contribution in [2.45, 2.75) is 45.4 Å². The SMILES string of the molecule is CCO[C@H]1CN([C@@H](CC)C(=O)O)C[C@H]1OCC. The molecule has 0 spiro atoms. The van der Waals surface area contributed by atoms with Crippen LogP contribution in [0.4, 0.5) is 0 Å². The Bertz CT molecular complexity index is 233. The van der Waals surface area contributed by atoms with Crippen LogP contribution in [0, 0.1) is 0 Å². The van der Waals surface area contributed by atoms with Crippen LogP contribution in [0.5, 0.6) is 0 Å². The number of ether oxygens (including phenoxy) is 2. The van der Waals surface area contributed by atoms with Crippen molar-refractivity contribution in [2.24, 2.45) is 0 Å². The van der Waals surface area contributed by atoms with Crippen LogP contribution in [0.25, 0.3) is 0 Å². The lowest BCUT2D eigenvalue weighted by Crippen LogP contribution is -2.40. The number of hydrogen-bond acceptors (Lipinski definition) is 4. The standard InChI is InChI=1S/C12H23NO4/c1-4-9(12(14)15)13-7-10(16-5-2)11(8-13)17-6-3/h9-11H,4-8H2,1-3H3,(H,14,15)/t9-,10-,11+/m0/s1. The highest BCUT2D eigenvalue weighted by Gasteiger charge is 2.38. The van der Waals surface area contributed by atoms with Crippen molar-refractivity contribution in [3.63, 3.8) is 0 Å². The van der Waals surface area contributed by atoms with E-state index in [2.05, 4.69) is 0 Å². The van der Waals surface area contributed by atoms with Crippen molar-refractivity contribution in [3.05, 3.63) is 0 Å². The van der Waals surface area contributed by atoms with E-state index in [1.165, 1.54) is 0 Å². The van der Waals surface area contributed by atoms with E-state index in [-0.39, 0.29) is 12.2 Å². The van der Waals surface area contributed by atoms with Crippen LogP contribution in [-0.2, 0) is 14.3 Å². The first kappa shape index (κ1) is 14.4. The molecule has 1 aliphatic heterocycles. The number of nitrogens with zero attached hydrogens (tertiary/aromatic N) is 1. The fourth-order valence-electron chi connectivity index (χ4n) is 2.36. The molecule has 1 N–H and O–H groups in total. The second kappa shape index (κ2) is 6.93. The molecule has 0 aromatic carbocycles. The summed E-state index contributed by atoms with van der Waals surface area (Å²) < 4.78 is 11.2. The second-order valence-corrected chi connectivity index (χ2v) is 4.20. The van der Waals surface area contributed by atoms with Crippen LogP contribution in [0.3, 0.4) is 0 Å². The maximum absolute atomic E-state index is 11.1. The molecule has 0 saturated carbocycles. The van der Waals surface area contributed by atoms with Crippen molar-refractivity contribution in [1.82, 2.24) is 4.90 Å². The van der Waals surface area contributed by atoms with Gasteiger partial charge in [-0.15, -0.1) is 0 Å². The highest BCUT2D eigenvalue weighted by Crippen LogP contribution is 2.20. The van der Waals surface area contributed by atoms with E-state index in [0.717, 1.165) is 0 Å². The number of carboxylic acids is 1. The van der Waals surface area contributed by atoms with Crippen LogP contribution < -0.4 is 0 Å². The summed E-state index contributed by atoms with van der Waals surface area (Å²) in [5, 5.41) is 9.14. The Balaban J connectivity index is 2.63. The zero-order valence-corrected chi connectivity index (χ0v) is 10.9. The molecule has 1 aliphatic rings. The van der Waals surface area contributed by atoms with Gasteiger partial charge in [-0.05, 0) is 20.3 Å². The van der Waals surface area contributed by atoms with Gasteiger partial charge in [0.05, 0.1) is 12.2 Å². The minimum absolute atomic E-state index is 0.00616. The van der Waals surface area contributed by atoms with Gasteiger partial charge in [0.15, 0.2) is 0 Å². The van der Waals surface area contributed by atoms with Gasteiger partial charge < -0.3 is 14.6 Å². The molecule has 100 valence electrons. The smallest absolute Gasteiger partial charge is 0.320 e. The predicted molar refractivity (Wildman–Crippen MR) is 64.1 cm³/mol. The predicted octanol–water partition coefficient (Wildman–Crippen LogP) is 0.975. The summed E-state index contributed by atoms with van der Waals surface area (Å²) in [6.07, 6.45) is 0.592. The molecule has 1 fully saturated rings. The zero-order valence-electron chi connectivity index (χ0n) is 10.9. The first-order valence-corrected chi connectivity index (χ1v) is 6.34. The largest absolute Gasteiger partial charge is 0.480 e. The molecule has 0 unspecified atom stereocenters. The summed E-state index contributed by atoms with van der Waals surface area (Å²) in [5.74, 6) is -0.764. The highest BCUT2D eigenvalue weighted by molar-refractivity contribution is 5.73. The summed E-state index contributed by atoms with van der Waals surface area (Å²) in [6, 6.07) is -0.427. The highest BCUT2D eigenvalue weighted by atomic mass is 16.5. The van der Waals surface area contributed by atoms with E-state index in [1.807, 2.05) is 25.7 Å². The van der Waals surface area contributed by atoms with Crippen LogP contribution in [0.1, 0.15) is 27.2 Å². The minimum Gasteiger partial charge on any atom is -0.480 e. The molecule has 0 aliphatic carbocycles. The van der Waals surface area contributed by atoms with E-state index < -0.39 is 12.0 Å². The van der Waals surface area contributed by atoms with E-state index in [1.54, 1.807) is 0 Å². The first-order valence-electron chi connectivity index (χ1n) is 6.34.